The van der Waals surface area contributed by atoms with E-state index < -0.39 is 0 Å². The quantitative estimate of drug-likeness (QED) is 0.397. The van der Waals surface area contributed by atoms with Gasteiger partial charge in [-0.3, -0.25) is 0 Å². The van der Waals surface area contributed by atoms with Crippen molar-refractivity contribution in [2.24, 2.45) is 0 Å². The number of benzene rings is 3. The summed E-state index contributed by atoms with van der Waals surface area (Å²) in [5.41, 5.74) is 16.8. The minimum atomic E-state index is -0.280. The van der Waals surface area contributed by atoms with Gasteiger partial charge in [0.1, 0.15) is 5.75 Å². The first-order valence-electron chi connectivity index (χ1n) is 9.63. The topological polar surface area (TPSA) is 61.3 Å². The van der Waals surface area contributed by atoms with Crippen molar-refractivity contribution in [2.45, 2.75) is 38.7 Å². The Morgan fingerprint density at radius 2 is 1.59 bits per heavy atom. The molecule has 3 heteroatoms. The molecule has 1 unspecified atom stereocenters. The van der Waals surface area contributed by atoms with E-state index in [0.29, 0.717) is 11.4 Å². The Bertz CT molecular complexity index is 844. The lowest BCUT2D eigenvalue weighted by atomic mass is 9.97. The predicted octanol–water partition coefficient (Wildman–Crippen LogP) is 5.75. The SMILES string of the molecule is CCCCCc1ccc(C(Oc2ccccc2)c2ccc(N)cc2N)cc1. The molecule has 0 aliphatic carbocycles. The molecule has 3 nitrogen and oxygen atoms in total. The van der Waals surface area contributed by atoms with E-state index in [1.54, 1.807) is 6.07 Å². The summed E-state index contributed by atoms with van der Waals surface area (Å²) >= 11 is 0. The predicted molar refractivity (Wildman–Crippen MR) is 114 cm³/mol. The van der Waals surface area contributed by atoms with Crippen molar-refractivity contribution in [2.75, 3.05) is 11.5 Å². The first-order valence-corrected chi connectivity index (χ1v) is 9.63. The molecule has 0 aliphatic rings. The lowest BCUT2D eigenvalue weighted by Crippen LogP contribution is -2.12. The van der Waals surface area contributed by atoms with E-state index in [1.807, 2.05) is 42.5 Å². The molecule has 0 heterocycles. The van der Waals surface area contributed by atoms with Crippen molar-refractivity contribution in [3.63, 3.8) is 0 Å². The third-order valence-electron chi connectivity index (χ3n) is 4.74. The van der Waals surface area contributed by atoms with E-state index in [9.17, 15) is 0 Å². The van der Waals surface area contributed by atoms with E-state index >= 15 is 0 Å². The molecule has 140 valence electrons. The molecule has 0 amide bonds. The number of aryl methyl sites for hydroxylation is 1. The summed E-state index contributed by atoms with van der Waals surface area (Å²) in [6, 6.07) is 24.1. The molecular formula is C24H28N2O. The molecule has 4 N–H and O–H groups in total. The first-order chi connectivity index (χ1) is 13.2. The van der Waals surface area contributed by atoms with E-state index in [-0.39, 0.29) is 6.10 Å². The minimum Gasteiger partial charge on any atom is -0.481 e. The Kier molecular flexibility index (Phi) is 6.37. The molecule has 1 atom stereocenters. The van der Waals surface area contributed by atoms with Gasteiger partial charge in [-0.2, -0.15) is 0 Å². The maximum atomic E-state index is 6.32. The fourth-order valence-electron chi connectivity index (χ4n) is 3.22. The summed E-state index contributed by atoms with van der Waals surface area (Å²) in [6.07, 6.45) is 4.57. The average molecular weight is 361 g/mol. The molecular weight excluding hydrogens is 332 g/mol. The smallest absolute Gasteiger partial charge is 0.151 e. The second-order valence-corrected chi connectivity index (χ2v) is 6.90. The molecule has 3 aromatic rings. The Labute approximate surface area is 162 Å². The Balaban J connectivity index is 1.89. The van der Waals surface area contributed by atoms with Crippen LogP contribution in [0, 0.1) is 0 Å². The van der Waals surface area contributed by atoms with Gasteiger partial charge >= 0.3 is 0 Å². The second kappa shape index (κ2) is 9.13. The number of hydrogen-bond donors (Lipinski definition) is 2. The Morgan fingerprint density at radius 3 is 2.26 bits per heavy atom. The highest BCUT2D eigenvalue weighted by molar-refractivity contribution is 5.59. The summed E-state index contributed by atoms with van der Waals surface area (Å²) in [7, 11) is 0. The molecule has 0 aliphatic heterocycles. The van der Waals surface area contributed by atoms with Gasteiger partial charge in [0.05, 0.1) is 0 Å². The van der Waals surface area contributed by atoms with Crippen LogP contribution in [0.5, 0.6) is 5.75 Å². The van der Waals surface area contributed by atoms with Crippen LogP contribution in [-0.2, 0) is 6.42 Å². The maximum Gasteiger partial charge on any atom is 0.151 e. The number of para-hydroxylation sites is 1. The number of anilines is 2. The van der Waals surface area contributed by atoms with E-state index in [1.165, 1.54) is 24.8 Å². The van der Waals surface area contributed by atoms with E-state index in [4.69, 9.17) is 16.2 Å². The van der Waals surface area contributed by atoms with Gasteiger partial charge in [0, 0.05) is 16.9 Å². The van der Waals surface area contributed by atoms with Crippen molar-refractivity contribution in [3.8, 4) is 5.75 Å². The number of nitrogen functional groups attached to an aromatic ring is 2. The molecule has 0 fully saturated rings. The van der Waals surface area contributed by atoms with Gasteiger partial charge in [-0.05, 0) is 48.2 Å². The zero-order chi connectivity index (χ0) is 19.1. The summed E-state index contributed by atoms with van der Waals surface area (Å²) in [5.74, 6) is 0.811. The van der Waals surface area contributed by atoms with Crippen LogP contribution in [0.25, 0.3) is 0 Å². The molecule has 0 bridgehead atoms. The molecule has 3 rings (SSSR count). The fraction of sp³-hybridized carbons (Fsp3) is 0.250. The van der Waals surface area contributed by atoms with Crippen molar-refractivity contribution in [1.29, 1.82) is 0 Å². The van der Waals surface area contributed by atoms with Crippen molar-refractivity contribution >= 4 is 11.4 Å². The van der Waals surface area contributed by atoms with Crippen LogP contribution in [0.3, 0.4) is 0 Å². The van der Waals surface area contributed by atoms with E-state index in [0.717, 1.165) is 23.3 Å². The number of unbranched alkanes of at least 4 members (excludes halogenated alkanes) is 2. The number of rotatable bonds is 8. The number of ether oxygens (including phenoxy) is 1. The zero-order valence-corrected chi connectivity index (χ0v) is 15.9. The number of hydrogen-bond acceptors (Lipinski definition) is 3. The van der Waals surface area contributed by atoms with Gasteiger partial charge in [0.15, 0.2) is 6.10 Å². The van der Waals surface area contributed by atoms with Crippen LogP contribution in [0.1, 0.15) is 49.0 Å². The summed E-state index contributed by atoms with van der Waals surface area (Å²) in [5, 5.41) is 0. The minimum absolute atomic E-state index is 0.280. The highest BCUT2D eigenvalue weighted by Crippen LogP contribution is 2.33. The summed E-state index contributed by atoms with van der Waals surface area (Å²) in [4.78, 5) is 0. The maximum absolute atomic E-state index is 6.32. The van der Waals surface area contributed by atoms with Crippen molar-refractivity contribution in [3.05, 3.63) is 89.5 Å². The van der Waals surface area contributed by atoms with E-state index in [2.05, 4.69) is 31.2 Å². The largest absolute Gasteiger partial charge is 0.481 e. The third kappa shape index (κ3) is 5.04. The lowest BCUT2D eigenvalue weighted by Gasteiger charge is -2.22. The fourth-order valence-corrected chi connectivity index (χ4v) is 3.22. The van der Waals surface area contributed by atoms with Crippen LogP contribution in [-0.4, -0.2) is 0 Å². The standard InChI is InChI=1S/C24H28N2O/c1-2-3-5-8-18-11-13-19(14-12-18)24(27-21-9-6-4-7-10-21)22-16-15-20(25)17-23(22)26/h4,6-7,9-17,24H,2-3,5,8,25-26H2,1H3. The normalized spacial score (nSPS) is 11.9. The highest BCUT2D eigenvalue weighted by atomic mass is 16.5. The van der Waals surface area contributed by atoms with Gasteiger partial charge < -0.3 is 16.2 Å². The lowest BCUT2D eigenvalue weighted by molar-refractivity contribution is 0.248. The highest BCUT2D eigenvalue weighted by Gasteiger charge is 2.19. The van der Waals surface area contributed by atoms with Crippen molar-refractivity contribution in [1.82, 2.24) is 0 Å². The number of nitrogens with two attached hydrogens (primary N) is 2. The molecule has 0 spiro atoms. The van der Waals surface area contributed by atoms with Gasteiger partial charge in [-0.15, -0.1) is 0 Å². The molecule has 3 aromatic carbocycles. The molecule has 0 saturated heterocycles. The van der Waals surface area contributed by atoms with Gasteiger partial charge in [-0.1, -0.05) is 68.3 Å². The van der Waals surface area contributed by atoms with Crippen LogP contribution in [0.2, 0.25) is 0 Å². The second-order valence-electron chi connectivity index (χ2n) is 6.90. The zero-order valence-electron chi connectivity index (χ0n) is 15.9. The molecule has 0 saturated carbocycles. The molecule has 27 heavy (non-hydrogen) atoms. The first kappa shape index (κ1) is 18.8. The summed E-state index contributed by atoms with van der Waals surface area (Å²) < 4.78 is 6.32. The van der Waals surface area contributed by atoms with Crippen LogP contribution < -0.4 is 16.2 Å². The van der Waals surface area contributed by atoms with Crippen molar-refractivity contribution < 1.29 is 4.74 Å². The monoisotopic (exact) mass is 360 g/mol. The van der Waals surface area contributed by atoms with Crippen LogP contribution in [0.4, 0.5) is 11.4 Å². The van der Waals surface area contributed by atoms with Gasteiger partial charge in [0.2, 0.25) is 0 Å². The molecule has 0 radical (unpaired) electrons. The Hall–Kier alpha value is -2.94. The van der Waals surface area contributed by atoms with Gasteiger partial charge in [0.25, 0.3) is 0 Å². The average Bonchev–Trinajstić information content (AvgIpc) is 2.68. The summed E-state index contributed by atoms with van der Waals surface area (Å²) in [6.45, 7) is 2.23. The third-order valence-corrected chi connectivity index (χ3v) is 4.74. The van der Waals surface area contributed by atoms with Gasteiger partial charge in [-0.25, -0.2) is 0 Å². The van der Waals surface area contributed by atoms with Crippen LogP contribution in [0.15, 0.2) is 72.8 Å². The molecule has 0 aromatic heterocycles. The Morgan fingerprint density at radius 1 is 0.852 bits per heavy atom. The van der Waals surface area contributed by atoms with Crippen LogP contribution >= 0.6 is 0 Å².